The molecule has 176 valence electrons. The van der Waals surface area contributed by atoms with Crippen LogP contribution < -0.4 is 0 Å². The van der Waals surface area contributed by atoms with Crippen LogP contribution in [0.2, 0.25) is 0 Å². The Kier molecular flexibility index (Phi) is 7.98. The molecular weight excluding hydrogens is 518 g/mol. The average Bonchev–Trinajstić information content (AvgIpc) is 3.59. The second-order valence-corrected chi connectivity index (χ2v) is 9.17. The number of rotatable bonds is 2. The molecule has 2 aromatic heterocycles. The molecular formula is C30H28F2N2Zr. The molecule has 4 aromatic carbocycles. The van der Waals surface area contributed by atoms with Gasteiger partial charge >= 0.3 is 29.7 Å². The van der Waals surface area contributed by atoms with E-state index in [0.29, 0.717) is 0 Å². The molecule has 0 N–H and O–H groups in total. The van der Waals surface area contributed by atoms with Crippen molar-refractivity contribution in [2.45, 2.75) is 27.7 Å². The summed E-state index contributed by atoms with van der Waals surface area (Å²) in [6.45, 7) is 8.55. The first kappa shape index (κ1) is 25.1. The van der Waals surface area contributed by atoms with E-state index in [9.17, 15) is 5.25 Å². The summed E-state index contributed by atoms with van der Waals surface area (Å²) < 4.78 is 24.1. The first-order valence-corrected chi connectivity index (χ1v) is 13.3. The molecule has 0 atom stereocenters. The summed E-state index contributed by atoms with van der Waals surface area (Å²) in [6, 6.07) is 30.3. The molecule has 0 radical (unpaired) electrons. The van der Waals surface area contributed by atoms with Crippen LogP contribution in [0.25, 0.3) is 32.9 Å². The molecule has 5 heteroatoms. The maximum atomic E-state index is 9.80. The number of hydrogen-bond donors (Lipinski definition) is 0. The second kappa shape index (κ2) is 11.1. The van der Waals surface area contributed by atoms with Crippen LogP contribution >= 0.6 is 0 Å². The van der Waals surface area contributed by atoms with Gasteiger partial charge in [0.1, 0.15) is 0 Å². The van der Waals surface area contributed by atoms with Gasteiger partial charge in [0.15, 0.2) is 0 Å². The standard InChI is InChI=1S/2C15H14N.2FH.Zr/c2*1-11-7-12(2)16(10-11)15-8-13-5-3-4-6-14(13)9-15;;;/h2*3-10H,1-2H3;2*1H;/q2*-1;;;+4/p-2. The summed E-state index contributed by atoms with van der Waals surface area (Å²) in [7, 11) is 0. The van der Waals surface area contributed by atoms with Crippen molar-refractivity contribution in [2.75, 3.05) is 0 Å². The summed E-state index contributed by atoms with van der Waals surface area (Å²) in [5, 5.41) is 5.23. The van der Waals surface area contributed by atoms with Crippen molar-refractivity contribution < 1.29 is 29.7 Å². The maximum absolute atomic E-state index is 9.80. The molecule has 0 amide bonds. The van der Waals surface area contributed by atoms with E-state index in [1.54, 1.807) is 0 Å². The molecule has 2 nitrogen and oxygen atoms in total. The van der Waals surface area contributed by atoms with Gasteiger partial charge in [0, 0.05) is 23.8 Å². The number of nitrogens with zero attached hydrogens (tertiary/aromatic N) is 2. The molecule has 0 saturated carbocycles. The first-order chi connectivity index (χ1) is 16.9. The molecule has 0 fully saturated rings. The molecule has 6 aromatic rings. The Labute approximate surface area is 218 Å². The molecule has 2 heterocycles. The predicted molar refractivity (Wildman–Crippen MR) is 139 cm³/mol. The Balaban J connectivity index is 0.000000149. The monoisotopic (exact) mass is 544 g/mol. The van der Waals surface area contributed by atoms with E-state index >= 15 is 0 Å². The molecule has 0 unspecified atom stereocenters. The van der Waals surface area contributed by atoms with Crippen LogP contribution in [0.5, 0.6) is 0 Å². The van der Waals surface area contributed by atoms with Gasteiger partial charge in [0.2, 0.25) is 0 Å². The molecule has 0 aliphatic rings. The SMILES string of the molecule is Cc1cc(C)n(-c2cc3ccccc3[cH-]2)c1.Cc1cc(C)n(-c2cc3ccccc3[cH-]2)c1.[F][Zr+2][F]. The van der Waals surface area contributed by atoms with Gasteiger partial charge in [0.25, 0.3) is 0 Å². The first-order valence-electron chi connectivity index (χ1n) is 11.5. The van der Waals surface area contributed by atoms with Crippen molar-refractivity contribution in [3.63, 3.8) is 0 Å². The van der Waals surface area contributed by atoms with Gasteiger partial charge in [-0.25, -0.2) is 0 Å². The second-order valence-electron chi connectivity index (χ2n) is 8.81. The molecule has 0 spiro atoms. The topological polar surface area (TPSA) is 9.86 Å². The van der Waals surface area contributed by atoms with Crippen LogP contribution in [-0.2, 0) is 24.5 Å². The van der Waals surface area contributed by atoms with Crippen molar-refractivity contribution in [1.29, 1.82) is 0 Å². The Bertz CT molecular complexity index is 1370. The number of aromatic nitrogens is 2. The van der Waals surface area contributed by atoms with Crippen LogP contribution in [0.15, 0.2) is 97.3 Å². The van der Waals surface area contributed by atoms with Gasteiger partial charge in [-0.15, -0.1) is 82.2 Å². The number of fused-ring (bicyclic) bond motifs is 2. The quantitative estimate of drug-likeness (QED) is 0.193. The molecule has 0 aliphatic heterocycles. The van der Waals surface area contributed by atoms with Crippen LogP contribution in [0.1, 0.15) is 22.5 Å². The fraction of sp³-hybridized carbons (Fsp3) is 0.133. The van der Waals surface area contributed by atoms with Crippen molar-refractivity contribution in [1.82, 2.24) is 9.13 Å². The zero-order valence-electron chi connectivity index (χ0n) is 20.4. The zero-order valence-corrected chi connectivity index (χ0v) is 22.8. The number of benzene rings is 2. The minimum absolute atomic E-state index is 1.26. The van der Waals surface area contributed by atoms with Gasteiger partial charge in [-0.3, -0.25) is 0 Å². The Morgan fingerprint density at radius 3 is 1.29 bits per heavy atom. The number of aryl methyl sites for hydroxylation is 4. The van der Waals surface area contributed by atoms with Crippen LogP contribution in [0.4, 0.5) is 5.25 Å². The van der Waals surface area contributed by atoms with Crippen molar-refractivity contribution in [2.24, 2.45) is 0 Å². The van der Waals surface area contributed by atoms with Gasteiger partial charge in [-0.05, 0) is 62.3 Å². The molecule has 0 saturated heterocycles. The van der Waals surface area contributed by atoms with Crippen LogP contribution in [0, 0.1) is 27.7 Å². The van der Waals surface area contributed by atoms with E-state index in [-0.39, 0.29) is 0 Å². The van der Waals surface area contributed by atoms with E-state index in [0.717, 1.165) is 0 Å². The van der Waals surface area contributed by atoms with Gasteiger partial charge in [-0.2, -0.15) is 0 Å². The van der Waals surface area contributed by atoms with E-state index < -0.39 is 24.5 Å². The molecule has 0 bridgehead atoms. The third-order valence-corrected chi connectivity index (χ3v) is 6.06. The molecule has 6 rings (SSSR count). The van der Waals surface area contributed by atoms with Crippen molar-refractivity contribution in [3.05, 3.63) is 120 Å². The predicted octanol–water partition coefficient (Wildman–Crippen LogP) is 8.77. The van der Waals surface area contributed by atoms with Gasteiger partial charge in [0.05, 0.1) is 0 Å². The summed E-state index contributed by atoms with van der Waals surface area (Å²) in [6.07, 6.45) is 4.37. The molecule has 35 heavy (non-hydrogen) atoms. The van der Waals surface area contributed by atoms with E-state index in [1.807, 2.05) is 0 Å². The number of halogens is 2. The van der Waals surface area contributed by atoms with Crippen molar-refractivity contribution >= 4 is 21.5 Å². The fourth-order valence-electron chi connectivity index (χ4n) is 4.59. The Morgan fingerprint density at radius 1 is 0.600 bits per heavy atom. The normalized spacial score (nSPS) is 10.5. The Hall–Kier alpha value is -3.04. The van der Waals surface area contributed by atoms with Crippen LogP contribution in [-0.4, -0.2) is 9.13 Å². The van der Waals surface area contributed by atoms with E-state index in [4.69, 9.17) is 0 Å². The third kappa shape index (κ3) is 5.79. The van der Waals surface area contributed by atoms with E-state index in [1.165, 1.54) is 55.4 Å². The summed E-state index contributed by atoms with van der Waals surface area (Å²) in [5.41, 5.74) is 7.70. The van der Waals surface area contributed by atoms with E-state index in [2.05, 4.69) is 134 Å². The number of hydrogen-bond acceptors (Lipinski definition) is 0. The fourth-order valence-corrected chi connectivity index (χ4v) is 4.59. The average molecular weight is 546 g/mol. The van der Waals surface area contributed by atoms with Gasteiger partial charge in [-0.1, -0.05) is 12.1 Å². The van der Waals surface area contributed by atoms with Gasteiger partial charge < -0.3 is 9.13 Å². The molecule has 0 aliphatic carbocycles. The third-order valence-electron chi connectivity index (χ3n) is 6.06. The zero-order chi connectivity index (χ0) is 24.9. The Morgan fingerprint density at radius 2 is 0.971 bits per heavy atom. The van der Waals surface area contributed by atoms with Crippen LogP contribution in [0.3, 0.4) is 0 Å². The summed E-state index contributed by atoms with van der Waals surface area (Å²) in [4.78, 5) is 0. The summed E-state index contributed by atoms with van der Waals surface area (Å²) in [5.74, 6) is 0. The summed E-state index contributed by atoms with van der Waals surface area (Å²) >= 11 is -2.77. The minimum atomic E-state index is -2.77. The van der Waals surface area contributed by atoms with Crippen molar-refractivity contribution in [3.8, 4) is 11.4 Å².